The topological polar surface area (TPSA) is 15.3 Å². The Kier molecular flexibility index (Phi) is 4.97. The van der Waals surface area contributed by atoms with Crippen molar-refractivity contribution in [2.24, 2.45) is 11.8 Å². The quantitative estimate of drug-likeness (QED) is 0.854. The molecule has 2 aliphatic rings. The summed E-state index contributed by atoms with van der Waals surface area (Å²) < 4.78 is 0. The third kappa shape index (κ3) is 3.87. The number of nitrogens with one attached hydrogen (secondary N) is 1. The molecule has 1 saturated carbocycles. The molecule has 0 bridgehead atoms. The molecule has 3 rings (SSSR count). The van der Waals surface area contributed by atoms with Crippen molar-refractivity contribution in [3.05, 3.63) is 35.9 Å². The van der Waals surface area contributed by atoms with Gasteiger partial charge in [-0.2, -0.15) is 0 Å². The van der Waals surface area contributed by atoms with Crippen molar-refractivity contribution in [3.63, 3.8) is 0 Å². The van der Waals surface area contributed by atoms with Gasteiger partial charge in [0.2, 0.25) is 0 Å². The smallest absolute Gasteiger partial charge is 0.0473 e. The van der Waals surface area contributed by atoms with Gasteiger partial charge >= 0.3 is 0 Å². The molecule has 1 aliphatic heterocycles. The summed E-state index contributed by atoms with van der Waals surface area (Å²) in [6, 6.07) is 12.3. The minimum Gasteiger partial charge on any atom is -0.311 e. The Labute approximate surface area is 129 Å². The van der Waals surface area contributed by atoms with Crippen LogP contribution in [0.1, 0.15) is 51.1 Å². The summed E-state index contributed by atoms with van der Waals surface area (Å²) in [7, 11) is 0. The van der Waals surface area contributed by atoms with Gasteiger partial charge < -0.3 is 5.32 Å². The normalized spacial score (nSPS) is 28.5. The van der Waals surface area contributed by atoms with Crippen molar-refractivity contribution in [1.29, 1.82) is 0 Å². The molecule has 21 heavy (non-hydrogen) atoms. The molecule has 3 atom stereocenters. The Morgan fingerprint density at radius 1 is 1.24 bits per heavy atom. The molecule has 1 aromatic rings. The minimum atomic E-state index is 0.556. The highest BCUT2D eigenvalue weighted by Crippen LogP contribution is 2.38. The van der Waals surface area contributed by atoms with Crippen LogP contribution in [0.2, 0.25) is 0 Å². The average molecular weight is 286 g/mol. The van der Waals surface area contributed by atoms with Crippen molar-refractivity contribution in [1.82, 2.24) is 10.2 Å². The number of rotatable bonds is 6. The van der Waals surface area contributed by atoms with Crippen LogP contribution < -0.4 is 5.32 Å². The third-order valence-electron chi connectivity index (χ3n) is 5.27. The lowest BCUT2D eigenvalue weighted by Crippen LogP contribution is -2.53. The number of benzene rings is 1. The summed E-state index contributed by atoms with van der Waals surface area (Å²) in [6.45, 7) is 8.33. The number of hydrogen-bond acceptors (Lipinski definition) is 2. The van der Waals surface area contributed by atoms with E-state index in [1.165, 1.54) is 44.3 Å². The van der Waals surface area contributed by atoms with Crippen LogP contribution in [0.15, 0.2) is 30.3 Å². The van der Waals surface area contributed by atoms with E-state index < -0.39 is 0 Å². The second-order valence-corrected chi connectivity index (χ2v) is 7.09. The van der Waals surface area contributed by atoms with E-state index in [4.69, 9.17) is 0 Å². The van der Waals surface area contributed by atoms with Gasteiger partial charge in [0.25, 0.3) is 0 Å². The molecule has 2 fully saturated rings. The molecular weight excluding hydrogens is 256 g/mol. The number of hydrogen-bond donors (Lipinski definition) is 1. The third-order valence-corrected chi connectivity index (χ3v) is 5.27. The molecule has 3 unspecified atom stereocenters. The summed E-state index contributed by atoms with van der Waals surface area (Å²) in [6.07, 6.45) is 5.50. The van der Waals surface area contributed by atoms with Gasteiger partial charge in [-0.25, -0.2) is 0 Å². The second-order valence-electron chi connectivity index (χ2n) is 7.09. The number of piperazine rings is 1. The summed E-state index contributed by atoms with van der Waals surface area (Å²) in [5.74, 6) is 1.86. The van der Waals surface area contributed by atoms with Gasteiger partial charge in [-0.15, -0.1) is 0 Å². The summed E-state index contributed by atoms with van der Waals surface area (Å²) in [5.41, 5.74) is 1.47. The van der Waals surface area contributed by atoms with Gasteiger partial charge in [-0.05, 0) is 36.7 Å². The summed E-state index contributed by atoms with van der Waals surface area (Å²) >= 11 is 0. The fourth-order valence-corrected chi connectivity index (χ4v) is 3.81. The highest BCUT2D eigenvalue weighted by atomic mass is 15.2. The van der Waals surface area contributed by atoms with Gasteiger partial charge in [0.05, 0.1) is 0 Å². The first-order valence-corrected chi connectivity index (χ1v) is 8.80. The van der Waals surface area contributed by atoms with E-state index in [2.05, 4.69) is 54.4 Å². The van der Waals surface area contributed by atoms with Crippen LogP contribution >= 0.6 is 0 Å². The molecule has 1 saturated heterocycles. The molecule has 1 aromatic carbocycles. The lowest BCUT2D eigenvalue weighted by Gasteiger charge is -2.42. The first kappa shape index (κ1) is 15.1. The zero-order valence-corrected chi connectivity index (χ0v) is 13.6. The van der Waals surface area contributed by atoms with Crippen molar-refractivity contribution in [2.45, 2.75) is 51.6 Å². The minimum absolute atomic E-state index is 0.556. The second kappa shape index (κ2) is 6.93. The van der Waals surface area contributed by atoms with E-state index in [1.807, 2.05) is 0 Å². The standard InChI is InChI=1S/C19H30N2/c1-3-7-18-14-21(13-15(2)16-10-11-16)19(12-20-18)17-8-5-4-6-9-17/h4-6,8-9,15-16,18-20H,3,7,10-14H2,1-2H3. The fourth-order valence-electron chi connectivity index (χ4n) is 3.81. The van der Waals surface area contributed by atoms with Crippen LogP contribution in [-0.4, -0.2) is 30.6 Å². The van der Waals surface area contributed by atoms with Crippen LogP contribution in [0.4, 0.5) is 0 Å². The zero-order valence-electron chi connectivity index (χ0n) is 13.6. The molecule has 0 aromatic heterocycles. The predicted octanol–water partition coefficient (Wildman–Crippen LogP) is 3.85. The van der Waals surface area contributed by atoms with Crippen LogP contribution in [0.3, 0.4) is 0 Å². The first-order valence-electron chi connectivity index (χ1n) is 8.80. The van der Waals surface area contributed by atoms with Gasteiger partial charge in [0, 0.05) is 31.7 Å². The number of nitrogens with zero attached hydrogens (tertiary/aromatic N) is 1. The maximum absolute atomic E-state index is 3.78. The maximum Gasteiger partial charge on any atom is 0.0473 e. The molecule has 116 valence electrons. The van der Waals surface area contributed by atoms with Gasteiger partial charge in [0.15, 0.2) is 0 Å². The van der Waals surface area contributed by atoms with E-state index in [9.17, 15) is 0 Å². The molecule has 0 amide bonds. The molecule has 2 heteroatoms. The predicted molar refractivity (Wildman–Crippen MR) is 89.3 cm³/mol. The largest absolute Gasteiger partial charge is 0.311 e. The molecule has 1 N–H and O–H groups in total. The molecule has 0 spiro atoms. The molecule has 2 nitrogen and oxygen atoms in total. The molecular formula is C19H30N2. The van der Waals surface area contributed by atoms with E-state index in [0.29, 0.717) is 12.1 Å². The van der Waals surface area contributed by atoms with Gasteiger partial charge in [0.1, 0.15) is 0 Å². The van der Waals surface area contributed by atoms with Gasteiger partial charge in [-0.3, -0.25) is 4.90 Å². The summed E-state index contributed by atoms with van der Waals surface area (Å²) in [5, 5.41) is 3.78. The van der Waals surface area contributed by atoms with E-state index in [1.54, 1.807) is 0 Å². The van der Waals surface area contributed by atoms with Crippen molar-refractivity contribution in [2.75, 3.05) is 19.6 Å². The van der Waals surface area contributed by atoms with Crippen molar-refractivity contribution >= 4 is 0 Å². The molecule has 1 aliphatic carbocycles. The Hall–Kier alpha value is -0.860. The lowest BCUT2D eigenvalue weighted by atomic mass is 9.96. The highest BCUT2D eigenvalue weighted by Gasteiger charge is 2.34. The maximum atomic E-state index is 3.78. The van der Waals surface area contributed by atoms with Crippen LogP contribution in [-0.2, 0) is 0 Å². The Balaban J connectivity index is 1.70. The Morgan fingerprint density at radius 2 is 2.00 bits per heavy atom. The zero-order chi connectivity index (χ0) is 14.7. The monoisotopic (exact) mass is 286 g/mol. The Morgan fingerprint density at radius 3 is 2.67 bits per heavy atom. The molecule has 1 heterocycles. The lowest BCUT2D eigenvalue weighted by molar-refractivity contribution is 0.105. The highest BCUT2D eigenvalue weighted by molar-refractivity contribution is 5.20. The average Bonchev–Trinajstić information content (AvgIpc) is 3.33. The summed E-state index contributed by atoms with van der Waals surface area (Å²) in [4.78, 5) is 2.76. The van der Waals surface area contributed by atoms with Gasteiger partial charge in [-0.1, -0.05) is 50.6 Å². The Bertz CT molecular complexity index is 426. The van der Waals surface area contributed by atoms with Crippen molar-refractivity contribution < 1.29 is 0 Å². The van der Waals surface area contributed by atoms with E-state index in [0.717, 1.165) is 18.4 Å². The van der Waals surface area contributed by atoms with Crippen LogP contribution in [0.25, 0.3) is 0 Å². The first-order chi connectivity index (χ1) is 10.3. The SMILES string of the molecule is CCCC1CN(CC(C)C2CC2)C(c2ccccc2)CN1. The van der Waals surface area contributed by atoms with E-state index >= 15 is 0 Å². The fraction of sp³-hybridized carbons (Fsp3) is 0.684. The molecule has 0 radical (unpaired) electrons. The van der Waals surface area contributed by atoms with Crippen molar-refractivity contribution in [3.8, 4) is 0 Å². The van der Waals surface area contributed by atoms with Crippen LogP contribution in [0.5, 0.6) is 0 Å². The van der Waals surface area contributed by atoms with E-state index in [-0.39, 0.29) is 0 Å². The van der Waals surface area contributed by atoms with Crippen LogP contribution in [0, 0.1) is 11.8 Å².